The lowest BCUT2D eigenvalue weighted by atomic mass is 10.1. The predicted molar refractivity (Wildman–Crippen MR) is 131 cm³/mol. The molecule has 1 amide bonds. The van der Waals surface area contributed by atoms with Crippen molar-refractivity contribution in [1.82, 2.24) is 19.7 Å². The van der Waals surface area contributed by atoms with Gasteiger partial charge < -0.3 is 19.9 Å². The van der Waals surface area contributed by atoms with Crippen molar-refractivity contribution in [2.24, 2.45) is 5.92 Å². The van der Waals surface area contributed by atoms with Crippen LogP contribution in [0.3, 0.4) is 0 Å². The number of hydrogen-bond acceptors (Lipinski definition) is 6. The van der Waals surface area contributed by atoms with Crippen molar-refractivity contribution >= 4 is 28.3 Å². The van der Waals surface area contributed by atoms with Gasteiger partial charge in [-0.25, -0.2) is 0 Å². The number of nitrogens with one attached hydrogen (secondary N) is 2. The third kappa shape index (κ3) is 3.98. The third-order valence-corrected chi connectivity index (χ3v) is 7.46. The highest BCUT2D eigenvalue weighted by Gasteiger charge is 2.36. The summed E-state index contributed by atoms with van der Waals surface area (Å²) < 4.78 is 7.71. The van der Waals surface area contributed by atoms with Crippen molar-refractivity contribution in [2.75, 3.05) is 18.4 Å². The maximum absolute atomic E-state index is 13.2. The number of aromatic nitrogens is 3. The molecule has 3 aliphatic rings. The molecule has 3 aromatic rings. The molecular weight excluding hydrogens is 444 g/mol. The van der Waals surface area contributed by atoms with Crippen molar-refractivity contribution in [3.8, 4) is 6.07 Å². The van der Waals surface area contributed by atoms with Gasteiger partial charge in [0.15, 0.2) is 5.82 Å². The molecule has 6 rings (SSSR count). The van der Waals surface area contributed by atoms with Gasteiger partial charge in [0.2, 0.25) is 0 Å². The number of amides is 1. The van der Waals surface area contributed by atoms with E-state index >= 15 is 0 Å². The predicted octanol–water partition coefficient (Wildman–Crippen LogP) is 3.64. The van der Waals surface area contributed by atoms with E-state index in [9.17, 15) is 14.9 Å². The Balaban J connectivity index is 1.29. The van der Waals surface area contributed by atoms with Crippen LogP contribution in [-0.4, -0.2) is 50.9 Å². The molecule has 2 bridgehead atoms. The average molecular weight is 473 g/mol. The lowest BCUT2D eigenvalue weighted by Gasteiger charge is -2.32. The number of aryl methyl sites for hydroxylation is 1. The van der Waals surface area contributed by atoms with Gasteiger partial charge in [-0.1, -0.05) is 0 Å². The smallest absolute Gasteiger partial charge is 0.261 e. The third-order valence-electron chi connectivity index (χ3n) is 7.46. The van der Waals surface area contributed by atoms with E-state index < -0.39 is 0 Å². The number of pyridine rings is 1. The number of rotatable bonds is 6. The van der Waals surface area contributed by atoms with Gasteiger partial charge in [-0.2, -0.15) is 10.4 Å². The monoisotopic (exact) mass is 472 g/mol. The fraction of sp³-hybridized carbons (Fsp3) is 0.462. The molecule has 1 aromatic carbocycles. The second-order valence-electron chi connectivity index (χ2n) is 9.95. The van der Waals surface area contributed by atoms with E-state index in [1.807, 2.05) is 40.8 Å². The average Bonchev–Trinajstić information content (AvgIpc) is 3.55. The second kappa shape index (κ2) is 8.54. The van der Waals surface area contributed by atoms with Gasteiger partial charge in [-0.15, -0.1) is 0 Å². The lowest BCUT2D eigenvalue weighted by molar-refractivity contribution is -0.0303. The van der Waals surface area contributed by atoms with Crippen LogP contribution in [0.2, 0.25) is 0 Å². The molecule has 1 aliphatic carbocycles. The topological polar surface area (TPSA) is 116 Å². The molecule has 2 saturated heterocycles. The van der Waals surface area contributed by atoms with Crippen molar-refractivity contribution in [3.63, 3.8) is 0 Å². The summed E-state index contributed by atoms with van der Waals surface area (Å²) in [7, 11) is 0. The normalized spacial score (nSPS) is 22.2. The second-order valence-corrected chi connectivity index (χ2v) is 9.95. The van der Waals surface area contributed by atoms with Gasteiger partial charge in [-0.3, -0.25) is 14.3 Å². The Hall–Kier alpha value is -3.64. The van der Waals surface area contributed by atoms with Crippen LogP contribution in [0.1, 0.15) is 54.1 Å². The summed E-state index contributed by atoms with van der Waals surface area (Å²) in [5, 5.41) is 17.9. The van der Waals surface area contributed by atoms with Crippen LogP contribution >= 0.6 is 0 Å². The maximum atomic E-state index is 13.2. The number of anilines is 2. The van der Waals surface area contributed by atoms with Crippen molar-refractivity contribution in [3.05, 3.63) is 51.9 Å². The SMILES string of the molecule is Cc1cc(Nc2nn([C@@H](CC#N)C3CC3)c3cc[nH]c(=O)c23)ccc1C(=O)N1C[C@@H]2CC[C@@H](C1)O2. The van der Waals surface area contributed by atoms with Crippen molar-refractivity contribution < 1.29 is 9.53 Å². The number of likely N-dealkylation sites (tertiary alicyclic amines) is 1. The van der Waals surface area contributed by atoms with E-state index in [2.05, 4.69) is 16.4 Å². The van der Waals surface area contributed by atoms with E-state index in [0.29, 0.717) is 47.7 Å². The molecule has 4 heterocycles. The number of nitrogens with zero attached hydrogens (tertiary/aromatic N) is 4. The van der Waals surface area contributed by atoms with E-state index in [4.69, 9.17) is 9.84 Å². The van der Waals surface area contributed by atoms with Crippen LogP contribution in [0.4, 0.5) is 11.5 Å². The van der Waals surface area contributed by atoms with Gasteiger partial charge >= 0.3 is 0 Å². The maximum Gasteiger partial charge on any atom is 0.261 e. The summed E-state index contributed by atoms with van der Waals surface area (Å²) in [6.07, 6.45) is 6.45. The Kier molecular flexibility index (Phi) is 5.33. The Morgan fingerprint density at radius 3 is 2.71 bits per heavy atom. The Morgan fingerprint density at radius 1 is 1.26 bits per heavy atom. The summed E-state index contributed by atoms with van der Waals surface area (Å²) in [6.45, 7) is 3.21. The number of aromatic amines is 1. The number of H-pyrrole nitrogens is 1. The van der Waals surface area contributed by atoms with Crippen molar-refractivity contribution in [2.45, 2.75) is 57.3 Å². The fourth-order valence-electron chi connectivity index (χ4n) is 5.54. The molecule has 9 nitrogen and oxygen atoms in total. The van der Waals surface area contributed by atoms with Crippen molar-refractivity contribution in [1.29, 1.82) is 5.26 Å². The molecule has 1 saturated carbocycles. The van der Waals surface area contributed by atoms with E-state index in [1.54, 1.807) is 6.20 Å². The number of carbonyl (C=O) groups excluding carboxylic acids is 1. The molecule has 35 heavy (non-hydrogen) atoms. The fourth-order valence-corrected chi connectivity index (χ4v) is 5.54. The highest BCUT2D eigenvalue weighted by molar-refractivity contribution is 5.97. The molecule has 2 aliphatic heterocycles. The zero-order chi connectivity index (χ0) is 24.1. The largest absolute Gasteiger partial charge is 0.371 e. The highest BCUT2D eigenvalue weighted by atomic mass is 16.5. The lowest BCUT2D eigenvalue weighted by Crippen LogP contribution is -2.46. The summed E-state index contributed by atoms with van der Waals surface area (Å²) in [5.41, 5.74) is 2.77. The molecule has 0 radical (unpaired) electrons. The zero-order valence-electron chi connectivity index (χ0n) is 19.7. The number of hydrogen-bond donors (Lipinski definition) is 2. The Morgan fingerprint density at radius 2 is 2.03 bits per heavy atom. The van der Waals surface area contributed by atoms with Gasteiger partial charge in [-0.05, 0) is 68.4 Å². The number of carbonyl (C=O) groups is 1. The number of ether oxygens (including phenoxy) is 1. The molecule has 0 unspecified atom stereocenters. The Bertz CT molecular complexity index is 1390. The first-order chi connectivity index (χ1) is 17.0. The number of fused-ring (bicyclic) bond motifs is 3. The summed E-state index contributed by atoms with van der Waals surface area (Å²) in [4.78, 5) is 30.6. The first-order valence-electron chi connectivity index (χ1n) is 12.3. The minimum atomic E-state index is -0.228. The molecule has 2 N–H and O–H groups in total. The first-order valence-corrected chi connectivity index (χ1v) is 12.3. The van der Waals surface area contributed by atoms with E-state index in [-0.39, 0.29) is 29.7 Å². The van der Waals surface area contributed by atoms with Crippen LogP contribution in [0.15, 0.2) is 35.3 Å². The van der Waals surface area contributed by atoms with Gasteiger partial charge in [0.05, 0.1) is 36.3 Å². The highest BCUT2D eigenvalue weighted by Crippen LogP contribution is 2.43. The van der Waals surface area contributed by atoms with E-state index in [1.165, 1.54) is 0 Å². The minimum absolute atomic E-state index is 0.0317. The van der Waals surface area contributed by atoms with Gasteiger partial charge in [0.25, 0.3) is 11.5 Å². The molecule has 3 fully saturated rings. The Labute approximate surface area is 202 Å². The number of morpholine rings is 1. The molecule has 2 aromatic heterocycles. The molecular formula is C26H28N6O3. The molecule has 3 atom stereocenters. The summed E-state index contributed by atoms with van der Waals surface area (Å²) in [6, 6.07) is 9.67. The van der Waals surface area contributed by atoms with Crippen LogP contribution in [0.25, 0.3) is 10.9 Å². The zero-order valence-corrected chi connectivity index (χ0v) is 19.7. The number of nitriles is 1. The summed E-state index contributed by atoms with van der Waals surface area (Å²) >= 11 is 0. The van der Waals surface area contributed by atoms with Crippen LogP contribution < -0.4 is 10.9 Å². The molecule has 0 spiro atoms. The number of benzene rings is 1. The van der Waals surface area contributed by atoms with Crippen LogP contribution in [0.5, 0.6) is 0 Å². The first kappa shape index (κ1) is 21.9. The van der Waals surface area contributed by atoms with Crippen LogP contribution in [0, 0.1) is 24.2 Å². The quantitative estimate of drug-likeness (QED) is 0.566. The molecule has 180 valence electrons. The van der Waals surface area contributed by atoms with Gasteiger partial charge in [0.1, 0.15) is 5.39 Å². The van der Waals surface area contributed by atoms with E-state index in [0.717, 1.165) is 36.9 Å². The summed E-state index contributed by atoms with van der Waals surface area (Å²) in [5.74, 6) is 0.894. The van der Waals surface area contributed by atoms with Crippen LogP contribution in [-0.2, 0) is 4.74 Å². The van der Waals surface area contributed by atoms with Gasteiger partial charge in [0, 0.05) is 30.5 Å². The molecule has 9 heteroatoms. The minimum Gasteiger partial charge on any atom is -0.371 e. The standard InChI is InChI=1S/C26H28N6O3/c1-15-12-17(4-7-20(15)26(34)31-13-18-5-6-19(14-31)35-18)29-24-23-22(9-11-28-25(23)33)32(30-24)21(8-10-27)16-2-3-16/h4,7,9,11-12,16,18-19,21H,2-3,5-6,8,13-14H2,1H3,(H,28,33)(H,29,30)/t18-,19-,21-/m0/s1.